The topological polar surface area (TPSA) is 83.5 Å². The molecule has 0 amide bonds. The van der Waals surface area contributed by atoms with Gasteiger partial charge in [0.05, 0.1) is 4.90 Å². The fourth-order valence-corrected chi connectivity index (χ4v) is 2.55. The lowest BCUT2D eigenvalue weighted by atomic mass is 10.2. The van der Waals surface area contributed by atoms with E-state index in [0.717, 1.165) is 17.7 Å². The van der Waals surface area contributed by atoms with Gasteiger partial charge in [0.1, 0.15) is 0 Å². The van der Waals surface area contributed by atoms with Crippen LogP contribution in [0.4, 0.5) is 13.2 Å². The molecule has 112 valence electrons. The number of hydrogen-bond acceptors (Lipinski definition) is 3. The highest BCUT2D eigenvalue weighted by Crippen LogP contribution is 2.15. The van der Waals surface area contributed by atoms with E-state index in [1.54, 1.807) is 6.92 Å². The van der Waals surface area contributed by atoms with Crippen molar-refractivity contribution in [2.75, 3.05) is 0 Å². The monoisotopic (exact) mass is 311 g/mol. The molecule has 0 aliphatic carbocycles. The van der Waals surface area contributed by atoms with Crippen molar-refractivity contribution >= 4 is 16.0 Å². The van der Waals surface area contributed by atoms with Crippen LogP contribution in [-0.4, -0.2) is 38.1 Å². The Kier molecular flexibility index (Phi) is 5.12. The van der Waals surface area contributed by atoms with E-state index in [2.05, 4.69) is 0 Å². The Hall–Kier alpha value is -1.61. The summed E-state index contributed by atoms with van der Waals surface area (Å²) in [5.41, 5.74) is 0.745. The maximum Gasteiger partial charge on any atom is 0.325 e. The highest BCUT2D eigenvalue weighted by atomic mass is 32.2. The van der Waals surface area contributed by atoms with E-state index in [-0.39, 0.29) is 4.90 Å². The number of aliphatic carboxylic acids is 1. The molecule has 2 N–H and O–H groups in total. The average molecular weight is 311 g/mol. The maximum absolute atomic E-state index is 13.1. The number of halogens is 3. The van der Waals surface area contributed by atoms with Gasteiger partial charge < -0.3 is 5.11 Å². The molecular formula is C11H12F3NO4S. The fraction of sp³-hybridized carbons (Fsp3) is 0.364. The van der Waals surface area contributed by atoms with Gasteiger partial charge in [-0.1, -0.05) is 17.7 Å². The third-order valence-electron chi connectivity index (χ3n) is 2.44. The van der Waals surface area contributed by atoms with Crippen LogP contribution in [0.2, 0.25) is 0 Å². The van der Waals surface area contributed by atoms with Crippen molar-refractivity contribution < 1.29 is 31.5 Å². The number of nitrogens with one attached hydrogen (secondary N) is 1. The molecule has 0 radical (unpaired) electrons. The second-order valence-electron chi connectivity index (χ2n) is 4.03. The summed E-state index contributed by atoms with van der Waals surface area (Å²) in [6.07, 6.45) is -6.76. The predicted octanol–water partition coefficient (Wildman–Crippen LogP) is 1.33. The molecule has 0 aromatic heterocycles. The minimum Gasteiger partial charge on any atom is -0.480 e. The number of carboxylic acid groups (broad SMARTS) is 1. The molecule has 9 heteroatoms. The van der Waals surface area contributed by atoms with E-state index < -0.39 is 34.6 Å². The normalized spacial score (nSPS) is 15.1. The number of alkyl halides is 3. The van der Waals surface area contributed by atoms with E-state index >= 15 is 0 Å². The third kappa shape index (κ3) is 3.94. The Bertz CT molecular complexity index is 574. The van der Waals surface area contributed by atoms with Gasteiger partial charge in [0, 0.05) is 0 Å². The Morgan fingerprint density at radius 3 is 2.10 bits per heavy atom. The molecule has 20 heavy (non-hydrogen) atoms. The standard InChI is InChI=1S/C11H12F3NO4S/c1-6-2-4-7(5-3-6)20(18,19)15-9(11(16)17)8(12)10(13)14/h2-5,8-10,15H,1H3,(H,16,17). The molecule has 0 aliphatic heterocycles. The predicted molar refractivity (Wildman–Crippen MR) is 63.8 cm³/mol. The summed E-state index contributed by atoms with van der Waals surface area (Å²) >= 11 is 0. The van der Waals surface area contributed by atoms with E-state index in [1.807, 2.05) is 0 Å². The van der Waals surface area contributed by atoms with E-state index in [9.17, 15) is 26.4 Å². The molecule has 1 aromatic rings. The molecule has 5 nitrogen and oxygen atoms in total. The number of hydrogen-bond donors (Lipinski definition) is 2. The molecule has 0 bridgehead atoms. The molecule has 2 atom stereocenters. The largest absolute Gasteiger partial charge is 0.480 e. The fourth-order valence-electron chi connectivity index (χ4n) is 1.35. The number of sulfonamides is 1. The van der Waals surface area contributed by atoms with Crippen molar-refractivity contribution in [1.29, 1.82) is 0 Å². The Balaban J connectivity index is 3.03. The van der Waals surface area contributed by atoms with Gasteiger partial charge in [-0.15, -0.1) is 0 Å². The van der Waals surface area contributed by atoms with Crippen molar-refractivity contribution in [2.24, 2.45) is 0 Å². The van der Waals surface area contributed by atoms with Crippen molar-refractivity contribution in [2.45, 2.75) is 30.5 Å². The first-order valence-corrected chi connectivity index (χ1v) is 6.87. The van der Waals surface area contributed by atoms with Gasteiger partial charge in [-0.05, 0) is 19.1 Å². The number of carbonyl (C=O) groups is 1. The number of aryl methyl sites for hydroxylation is 1. The van der Waals surface area contributed by atoms with Gasteiger partial charge in [0.2, 0.25) is 10.0 Å². The highest BCUT2D eigenvalue weighted by molar-refractivity contribution is 7.89. The first-order valence-electron chi connectivity index (χ1n) is 5.39. The van der Waals surface area contributed by atoms with Crippen molar-refractivity contribution in [1.82, 2.24) is 4.72 Å². The maximum atomic E-state index is 13.1. The van der Waals surface area contributed by atoms with Gasteiger partial charge in [0.15, 0.2) is 12.2 Å². The first kappa shape index (κ1) is 16.4. The molecule has 0 spiro atoms. The van der Waals surface area contributed by atoms with E-state index in [0.29, 0.717) is 0 Å². The van der Waals surface area contributed by atoms with Crippen LogP contribution in [0.25, 0.3) is 0 Å². The Morgan fingerprint density at radius 1 is 1.20 bits per heavy atom. The third-order valence-corrected chi connectivity index (χ3v) is 3.90. The van der Waals surface area contributed by atoms with Crippen LogP contribution in [0.5, 0.6) is 0 Å². The quantitative estimate of drug-likeness (QED) is 0.830. The number of benzene rings is 1. The molecule has 1 rings (SSSR count). The molecule has 0 aliphatic rings. The summed E-state index contributed by atoms with van der Waals surface area (Å²) in [5, 5.41) is 8.65. The molecule has 0 heterocycles. The SMILES string of the molecule is Cc1ccc(S(=O)(=O)NC(C(=O)O)C(F)C(F)F)cc1. The summed E-state index contributed by atoms with van der Waals surface area (Å²) in [6, 6.07) is 2.63. The van der Waals surface area contributed by atoms with Crippen LogP contribution < -0.4 is 4.72 Å². The molecule has 2 unspecified atom stereocenters. The second-order valence-corrected chi connectivity index (χ2v) is 5.74. The zero-order chi connectivity index (χ0) is 15.5. The summed E-state index contributed by atoms with van der Waals surface area (Å²) < 4.78 is 62.5. The van der Waals surface area contributed by atoms with Crippen LogP contribution in [-0.2, 0) is 14.8 Å². The molecule has 0 fully saturated rings. The van der Waals surface area contributed by atoms with Crippen molar-refractivity contribution in [3.05, 3.63) is 29.8 Å². The van der Waals surface area contributed by atoms with Gasteiger partial charge in [-0.2, -0.15) is 4.72 Å². The lowest BCUT2D eigenvalue weighted by molar-refractivity contribution is -0.142. The van der Waals surface area contributed by atoms with Gasteiger partial charge in [0.25, 0.3) is 6.43 Å². The van der Waals surface area contributed by atoms with Crippen LogP contribution in [0.1, 0.15) is 5.56 Å². The van der Waals surface area contributed by atoms with Gasteiger partial charge in [-0.25, -0.2) is 21.6 Å². The van der Waals surface area contributed by atoms with Gasteiger partial charge in [-0.3, -0.25) is 4.79 Å². The zero-order valence-electron chi connectivity index (χ0n) is 10.3. The minimum absolute atomic E-state index is 0.337. The van der Waals surface area contributed by atoms with Gasteiger partial charge >= 0.3 is 5.97 Å². The van der Waals surface area contributed by atoms with Crippen molar-refractivity contribution in [3.63, 3.8) is 0 Å². The number of carboxylic acids is 1. The molecule has 0 saturated heterocycles. The number of rotatable bonds is 6. The van der Waals surface area contributed by atoms with Crippen LogP contribution in [0, 0.1) is 6.92 Å². The van der Waals surface area contributed by atoms with Crippen molar-refractivity contribution in [3.8, 4) is 0 Å². The molecule has 1 aromatic carbocycles. The smallest absolute Gasteiger partial charge is 0.325 e. The first-order chi connectivity index (χ1) is 9.15. The van der Waals surface area contributed by atoms with Crippen LogP contribution in [0.15, 0.2) is 29.2 Å². The summed E-state index contributed by atoms with van der Waals surface area (Å²) in [5.74, 6) is -2.02. The van der Waals surface area contributed by atoms with Crippen LogP contribution in [0.3, 0.4) is 0 Å². The van der Waals surface area contributed by atoms with E-state index in [4.69, 9.17) is 5.11 Å². The second kappa shape index (κ2) is 6.23. The lowest BCUT2D eigenvalue weighted by Crippen LogP contribution is -2.49. The summed E-state index contributed by atoms with van der Waals surface area (Å²) in [6.45, 7) is 1.69. The zero-order valence-corrected chi connectivity index (χ0v) is 11.1. The summed E-state index contributed by atoms with van der Waals surface area (Å²) in [4.78, 5) is 10.4. The molecular weight excluding hydrogens is 299 g/mol. The van der Waals surface area contributed by atoms with Crippen LogP contribution >= 0.6 is 0 Å². The Labute approximate surface area is 113 Å². The Morgan fingerprint density at radius 2 is 1.70 bits per heavy atom. The molecule has 0 saturated carbocycles. The van der Waals surface area contributed by atoms with E-state index in [1.165, 1.54) is 16.9 Å². The lowest BCUT2D eigenvalue weighted by Gasteiger charge is -2.18. The highest BCUT2D eigenvalue weighted by Gasteiger charge is 2.38. The summed E-state index contributed by atoms with van der Waals surface area (Å²) in [7, 11) is -4.40. The minimum atomic E-state index is -4.40. The average Bonchev–Trinajstić information content (AvgIpc) is 2.35.